The Kier molecular flexibility index (Phi) is 3.20. The van der Waals surface area contributed by atoms with Crippen molar-refractivity contribution in [2.45, 2.75) is 59.3 Å². The number of thiophene rings is 1. The van der Waals surface area contributed by atoms with Gasteiger partial charge in [0.2, 0.25) is 0 Å². The van der Waals surface area contributed by atoms with Crippen molar-refractivity contribution in [2.75, 3.05) is 0 Å². The first-order valence-corrected chi connectivity index (χ1v) is 6.99. The zero-order chi connectivity index (χ0) is 11.0. The molecule has 0 amide bonds. The van der Waals surface area contributed by atoms with E-state index >= 15 is 0 Å². The van der Waals surface area contributed by atoms with Gasteiger partial charge in [-0.15, -0.1) is 11.3 Å². The molecule has 1 aliphatic carbocycles. The van der Waals surface area contributed by atoms with Gasteiger partial charge in [-0.1, -0.05) is 26.2 Å². The maximum atomic E-state index is 2.44. The summed E-state index contributed by atoms with van der Waals surface area (Å²) in [5.41, 5.74) is 3.28. The fourth-order valence-electron chi connectivity index (χ4n) is 3.10. The average molecular weight is 222 g/mol. The van der Waals surface area contributed by atoms with Crippen LogP contribution in [0.25, 0.3) is 0 Å². The van der Waals surface area contributed by atoms with E-state index in [1.165, 1.54) is 30.6 Å². The molecule has 0 nitrogen and oxygen atoms in total. The first-order valence-electron chi connectivity index (χ1n) is 6.17. The molecular weight excluding hydrogens is 200 g/mol. The Balaban J connectivity index is 2.35. The van der Waals surface area contributed by atoms with Gasteiger partial charge in [0.15, 0.2) is 0 Å². The van der Waals surface area contributed by atoms with Crippen LogP contribution in [0.3, 0.4) is 0 Å². The summed E-state index contributed by atoms with van der Waals surface area (Å²) in [5.74, 6) is 1.74. The molecule has 0 spiro atoms. The Morgan fingerprint density at radius 2 is 1.67 bits per heavy atom. The molecule has 1 heteroatoms. The molecule has 0 aliphatic heterocycles. The van der Waals surface area contributed by atoms with Crippen LogP contribution < -0.4 is 0 Å². The predicted octanol–water partition coefficient (Wildman–Crippen LogP) is 4.97. The minimum Gasteiger partial charge on any atom is -0.145 e. The number of rotatable bonds is 1. The lowest BCUT2D eigenvalue weighted by Crippen LogP contribution is -2.15. The molecule has 1 aromatic rings. The second kappa shape index (κ2) is 4.29. The summed E-state index contributed by atoms with van der Waals surface area (Å²) in [6.07, 6.45) is 5.72. The van der Waals surface area contributed by atoms with Gasteiger partial charge in [-0.05, 0) is 50.2 Å². The van der Waals surface area contributed by atoms with Crippen LogP contribution in [0.5, 0.6) is 0 Å². The standard InChI is InChI=1S/C14H22S/c1-9-7-5-6-8-13(9)14-10(2)11(3)15-12(14)4/h9,13H,5-8H2,1-4H3. The average Bonchev–Trinajstić information content (AvgIpc) is 2.43. The normalized spacial score (nSPS) is 26.9. The Hall–Kier alpha value is -0.300. The molecule has 84 valence electrons. The van der Waals surface area contributed by atoms with Crippen molar-refractivity contribution in [1.29, 1.82) is 0 Å². The smallest absolute Gasteiger partial charge is 0.00547 e. The highest BCUT2D eigenvalue weighted by Gasteiger charge is 2.26. The van der Waals surface area contributed by atoms with Gasteiger partial charge in [0.25, 0.3) is 0 Å². The summed E-state index contributed by atoms with van der Waals surface area (Å²) in [6, 6.07) is 0. The van der Waals surface area contributed by atoms with E-state index in [9.17, 15) is 0 Å². The molecule has 1 saturated carbocycles. The molecule has 0 radical (unpaired) electrons. The maximum Gasteiger partial charge on any atom is 0.00547 e. The quantitative estimate of drug-likeness (QED) is 0.629. The Morgan fingerprint density at radius 1 is 1.00 bits per heavy atom. The summed E-state index contributed by atoms with van der Waals surface area (Å²) in [4.78, 5) is 3.10. The SMILES string of the molecule is Cc1sc(C)c(C2CCCCC2C)c1C. The van der Waals surface area contributed by atoms with Gasteiger partial charge in [0, 0.05) is 9.75 Å². The van der Waals surface area contributed by atoms with Gasteiger partial charge in [-0.2, -0.15) is 0 Å². The second-order valence-corrected chi connectivity index (χ2v) is 6.55. The van der Waals surface area contributed by atoms with E-state index in [1.807, 2.05) is 11.3 Å². The molecule has 0 aromatic carbocycles. The summed E-state index contributed by atoms with van der Waals surface area (Å²) in [6.45, 7) is 9.33. The third-order valence-electron chi connectivity index (χ3n) is 4.10. The molecule has 15 heavy (non-hydrogen) atoms. The molecule has 0 saturated heterocycles. The molecular formula is C14H22S. The lowest BCUT2D eigenvalue weighted by Gasteiger charge is -2.29. The molecule has 2 atom stereocenters. The minimum absolute atomic E-state index is 0.851. The van der Waals surface area contributed by atoms with Crippen molar-refractivity contribution < 1.29 is 0 Å². The number of hydrogen-bond acceptors (Lipinski definition) is 1. The molecule has 1 aliphatic rings. The van der Waals surface area contributed by atoms with Crippen molar-refractivity contribution in [3.05, 3.63) is 20.9 Å². The van der Waals surface area contributed by atoms with E-state index in [0.29, 0.717) is 0 Å². The Morgan fingerprint density at radius 3 is 2.20 bits per heavy atom. The van der Waals surface area contributed by atoms with Gasteiger partial charge in [-0.25, -0.2) is 0 Å². The van der Waals surface area contributed by atoms with Gasteiger partial charge >= 0.3 is 0 Å². The summed E-state index contributed by atoms with van der Waals surface area (Å²) < 4.78 is 0. The molecule has 1 heterocycles. The maximum absolute atomic E-state index is 2.44. The topological polar surface area (TPSA) is 0 Å². The van der Waals surface area contributed by atoms with E-state index in [4.69, 9.17) is 0 Å². The minimum atomic E-state index is 0.851. The zero-order valence-electron chi connectivity index (χ0n) is 10.4. The lowest BCUT2D eigenvalue weighted by atomic mass is 9.75. The van der Waals surface area contributed by atoms with Gasteiger partial charge in [0.05, 0.1) is 0 Å². The lowest BCUT2D eigenvalue weighted by molar-refractivity contribution is 0.329. The van der Waals surface area contributed by atoms with Crippen molar-refractivity contribution in [1.82, 2.24) is 0 Å². The molecule has 1 fully saturated rings. The third kappa shape index (κ3) is 1.99. The van der Waals surface area contributed by atoms with Gasteiger partial charge in [0.1, 0.15) is 0 Å². The van der Waals surface area contributed by atoms with E-state index in [2.05, 4.69) is 27.7 Å². The van der Waals surface area contributed by atoms with Crippen LogP contribution in [0.4, 0.5) is 0 Å². The third-order valence-corrected chi connectivity index (χ3v) is 5.24. The van der Waals surface area contributed by atoms with E-state index in [1.54, 1.807) is 16.0 Å². The molecule has 0 bridgehead atoms. The van der Waals surface area contributed by atoms with Crippen molar-refractivity contribution in [2.24, 2.45) is 5.92 Å². The van der Waals surface area contributed by atoms with Crippen molar-refractivity contribution >= 4 is 11.3 Å². The molecule has 2 unspecified atom stereocenters. The molecule has 0 N–H and O–H groups in total. The van der Waals surface area contributed by atoms with Crippen LogP contribution in [-0.2, 0) is 0 Å². The largest absolute Gasteiger partial charge is 0.145 e. The predicted molar refractivity (Wildman–Crippen MR) is 68.9 cm³/mol. The van der Waals surface area contributed by atoms with Crippen LogP contribution in [0.1, 0.15) is 59.4 Å². The van der Waals surface area contributed by atoms with E-state index in [0.717, 1.165) is 11.8 Å². The summed E-state index contributed by atoms with van der Waals surface area (Å²) in [5, 5.41) is 0. The molecule has 2 rings (SSSR count). The van der Waals surface area contributed by atoms with E-state index < -0.39 is 0 Å². The van der Waals surface area contributed by atoms with E-state index in [-0.39, 0.29) is 0 Å². The highest BCUT2D eigenvalue weighted by molar-refractivity contribution is 7.12. The second-order valence-electron chi connectivity index (χ2n) is 5.12. The monoisotopic (exact) mass is 222 g/mol. The first kappa shape index (κ1) is 11.2. The Labute approximate surface area is 97.7 Å². The summed E-state index contributed by atoms with van der Waals surface area (Å²) >= 11 is 1.99. The highest BCUT2D eigenvalue weighted by atomic mass is 32.1. The van der Waals surface area contributed by atoms with Crippen LogP contribution in [0.15, 0.2) is 0 Å². The summed E-state index contributed by atoms with van der Waals surface area (Å²) in [7, 11) is 0. The number of hydrogen-bond donors (Lipinski definition) is 0. The highest BCUT2D eigenvalue weighted by Crippen LogP contribution is 2.43. The van der Waals surface area contributed by atoms with Gasteiger partial charge < -0.3 is 0 Å². The Bertz CT molecular complexity index is 348. The zero-order valence-corrected chi connectivity index (χ0v) is 11.2. The molecule has 1 aromatic heterocycles. The van der Waals surface area contributed by atoms with Crippen molar-refractivity contribution in [3.8, 4) is 0 Å². The van der Waals surface area contributed by atoms with Crippen molar-refractivity contribution in [3.63, 3.8) is 0 Å². The van der Waals surface area contributed by atoms with Crippen LogP contribution in [0.2, 0.25) is 0 Å². The van der Waals surface area contributed by atoms with Crippen LogP contribution in [-0.4, -0.2) is 0 Å². The van der Waals surface area contributed by atoms with Crippen LogP contribution >= 0.6 is 11.3 Å². The fraction of sp³-hybridized carbons (Fsp3) is 0.714. The van der Waals surface area contributed by atoms with Crippen LogP contribution in [0, 0.1) is 26.7 Å². The van der Waals surface area contributed by atoms with Gasteiger partial charge in [-0.3, -0.25) is 0 Å². The first-order chi connectivity index (χ1) is 7.11. The number of aryl methyl sites for hydroxylation is 2. The fourth-order valence-corrected chi connectivity index (χ4v) is 4.24.